The SMILES string of the molecule is Cc1noc(C)c1NS(=O)(=O)c1ccc(S(=O)(=O)NC2CC2)cc1. The molecule has 0 bridgehead atoms. The molecule has 24 heavy (non-hydrogen) atoms. The van der Waals surface area contributed by atoms with Crippen LogP contribution in [-0.4, -0.2) is 28.0 Å². The Kier molecular flexibility index (Phi) is 4.14. The molecule has 3 rings (SSSR count). The van der Waals surface area contributed by atoms with E-state index < -0.39 is 20.0 Å². The molecule has 2 aromatic rings. The lowest BCUT2D eigenvalue weighted by atomic mass is 10.3. The number of sulfonamides is 2. The molecular weight excluding hydrogens is 354 g/mol. The first-order chi connectivity index (χ1) is 11.2. The highest BCUT2D eigenvalue weighted by Crippen LogP contribution is 2.25. The van der Waals surface area contributed by atoms with E-state index in [1.165, 1.54) is 24.3 Å². The summed E-state index contributed by atoms with van der Waals surface area (Å²) in [6.45, 7) is 3.21. The van der Waals surface area contributed by atoms with Crippen molar-refractivity contribution in [3.63, 3.8) is 0 Å². The number of benzene rings is 1. The number of nitrogens with zero attached hydrogens (tertiary/aromatic N) is 1. The van der Waals surface area contributed by atoms with Crippen molar-refractivity contribution in [2.45, 2.75) is 42.5 Å². The van der Waals surface area contributed by atoms with E-state index in [-0.39, 0.29) is 21.5 Å². The summed E-state index contributed by atoms with van der Waals surface area (Å²) in [5.74, 6) is 0.351. The molecule has 0 aliphatic heterocycles. The van der Waals surface area contributed by atoms with Gasteiger partial charge in [-0.05, 0) is 51.0 Å². The maximum absolute atomic E-state index is 12.4. The summed E-state index contributed by atoms with van der Waals surface area (Å²) in [5.41, 5.74) is 0.700. The van der Waals surface area contributed by atoms with Crippen LogP contribution in [0.3, 0.4) is 0 Å². The lowest BCUT2D eigenvalue weighted by Crippen LogP contribution is -2.25. The highest BCUT2D eigenvalue weighted by molar-refractivity contribution is 7.92. The molecule has 10 heteroatoms. The molecular formula is C14H17N3O5S2. The average molecular weight is 371 g/mol. The summed E-state index contributed by atoms with van der Waals surface area (Å²) in [6, 6.07) is 5.03. The van der Waals surface area contributed by atoms with Gasteiger partial charge in [0, 0.05) is 6.04 Å². The number of aromatic nitrogens is 1. The fraction of sp³-hybridized carbons (Fsp3) is 0.357. The van der Waals surface area contributed by atoms with Gasteiger partial charge in [0.15, 0.2) is 5.76 Å². The van der Waals surface area contributed by atoms with Crippen molar-refractivity contribution < 1.29 is 21.4 Å². The third kappa shape index (κ3) is 3.45. The van der Waals surface area contributed by atoms with E-state index in [9.17, 15) is 16.8 Å². The molecule has 0 amide bonds. The van der Waals surface area contributed by atoms with Crippen molar-refractivity contribution in [3.05, 3.63) is 35.7 Å². The van der Waals surface area contributed by atoms with Crippen LogP contribution >= 0.6 is 0 Å². The van der Waals surface area contributed by atoms with Gasteiger partial charge in [0.05, 0.1) is 9.79 Å². The highest BCUT2D eigenvalue weighted by Gasteiger charge is 2.28. The van der Waals surface area contributed by atoms with Crippen LogP contribution in [0.5, 0.6) is 0 Å². The Balaban J connectivity index is 1.84. The summed E-state index contributed by atoms with van der Waals surface area (Å²) in [7, 11) is -7.48. The second-order valence-electron chi connectivity index (χ2n) is 5.67. The fourth-order valence-corrected chi connectivity index (χ4v) is 4.59. The van der Waals surface area contributed by atoms with Gasteiger partial charge in [-0.3, -0.25) is 4.72 Å². The van der Waals surface area contributed by atoms with Crippen LogP contribution in [0, 0.1) is 13.8 Å². The molecule has 1 aliphatic rings. The van der Waals surface area contributed by atoms with Crippen LogP contribution in [0.1, 0.15) is 24.3 Å². The molecule has 8 nitrogen and oxygen atoms in total. The lowest BCUT2D eigenvalue weighted by Gasteiger charge is -2.09. The van der Waals surface area contributed by atoms with E-state index >= 15 is 0 Å². The molecule has 1 heterocycles. The van der Waals surface area contributed by atoms with Crippen LogP contribution in [0.25, 0.3) is 0 Å². The Morgan fingerprint density at radius 3 is 2.00 bits per heavy atom. The minimum atomic E-state index is -3.87. The summed E-state index contributed by atoms with van der Waals surface area (Å²) >= 11 is 0. The van der Waals surface area contributed by atoms with Crippen molar-refractivity contribution in [2.24, 2.45) is 0 Å². The summed E-state index contributed by atoms with van der Waals surface area (Å²) in [6.07, 6.45) is 1.65. The van der Waals surface area contributed by atoms with E-state index in [4.69, 9.17) is 4.52 Å². The second kappa shape index (κ2) is 5.87. The Morgan fingerprint density at radius 2 is 1.54 bits per heavy atom. The number of aryl methyl sites for hydroxylation is 2. The maximum Gasteiger partial charge on any atom is 0.262 e. The molecule has 2 N–H and O–H groups in total. The van der Waals surface area contributed by atoms with Crippen LogP contribution < -0.4 is 9.44 Å². The standard InChI is InChI=1S/C14H17N3O5S2/c1-9-14(10(2)22-15-9)17-24(20,21)13-7-5-12(6-8-13)23(18,19)16-11-3-4-11/h5-8,11,16-17H,3-4H2,1-2H3. The molecule has 130 valence electrons. The van der Waals surface area contributed by atoms with Gasteiger partial charge in [0.1, 0.15) is 11.4 Å². The minimum Gasteiger partial charge on any atom is -0.359 e. The van der Waals surface area contributed by atoms with Gasteiger partial charge < -0.3 is 4.52 Å². The zero-order valence-electron chi connectivity index (χ0n) is 13.1. The van der Waals surface area contributed by atoms with E-state index in [0.29, 0.717) is 11.5 Å². The molecule has 1 aromatic carbocycles. The van der Waals surface area contributed by atoms with E-state index in [2.05, 4.69) is 14.6 Å². The van der Waals surface area contributed by atoms with Crippen LogP contribution in [-0.2, 0) is 20.0 Å². The highest BCUT2D eigenvalue weighted by atomic mass is 32.2. The first-order valence-corrected chi connectivity index (χ1v) is 10.2. The number of hydrogen-bond acceptors (Lipinski definition) is 6. The van der Waals surface area contributed by atoms with Gasteiger partial charge >= 0.3 is 0 Å². The Bertz CT molecular complexity index is 939. The fourth-order valence-electron chi connectivity index (χ4n) is 2.11. The minimum absolute atomic E-state index is 0.0142. The molecule has 0 saturated heterocycles. The summed E-state index contributed by atoms with van der Waals surface area (Å²) < 4.78 is 58.9. The zero-order valence-corrected chi connectivity index (χ0v) is 14.7. The van der Waals surface area contributed by atoms with Crippen LogP contribution in [0.4, 0.5) is 5.69 Å². The van der Waals surface area contributed by atoms with Crippen molar-refractivity contribution in [3.8, 4) is 0 Å². The topological polar surface area (TPSA) is 118 Å². The van der Waals surface area contributed by atoms with Crippen molar-refractivity contribution in [2.75, 3.05) is 4.72 Å². The summed E-state index contributed by atoms with van der Waals surface area (Å²) in [4.78, 5) is -0.0152. The van der Waals surface area contributed by atoms with Gasteiger partial charge in [0.25, 0.3) is 10.0 Å². The molecule has 1 saturated carbocycles. The van der Waals surface area contributed by atoms with Gasteiger partial charge in [-0.15, -0.1) is 0 Å². The molecule has 0 spiro atoms. The second-order valence-corrected chi connectivity index (χ2v) is 9.07. The Morgan fingerprint density at radius 1 is 1.00 bits per heavy atom. The predicted molar refractivity (Wildman–Crippen MR) is 86.6 cm³/mol. The number of hydrogen-bond donors (Lipinski definition) is 2. The third-order valence-corrected chi connectivity index (χ3v) is 6.52. The third-order valence-electron chi connectivity index (χ3n) is 3.61. The van der Waals surface area contributed by atoms with Crippen LogP contribution in [0.2, 0.25) is 0 Å². The smallest absolute Gasteiger partial charge is 0.262 e. The Hall–Kier alpha value is -1.91. The predicted octanol–water partition coefficient (Wildman–Crippen LogP) is 1.53. The zero-order chi connectivity index (χ0) is 17.5. The molecule has 0 unspecified atom stereocenters. The van der Waals surface area contributed by atoms with E-state index in [0.717, 1.165) is 12.8 Å². The first kappa shape index (κ1) is 16.9. The lowest BCUT2D eigenvalue weighted by molar-refractivity contribution is 0.393. The van der Waals surface area contributed by atoms with E-state index in [1.54, 1.807) is 13.8 Å². The molecule has 1 aromatic heterocycles. The van der Waals surface area contributed by atoms with Gasteiger partial charge in [0.2, 0.25) is 10.0 Å². The normalized spacial score (nSPS) is 15.4. The largest absolute Gasteiger partial charge is 0.359 e. The van der Waals surface area contributed by atoms with Gasteiger partial charge in [-0.25, -0.2) is 21.6 Å². The first-order valence-electron chi connectivity index (χ1n) is 7.27. The number of rotatable bonds is 6. The quantitative estimate of drug-likeness (QED) is 0.795. The Labute approximate surface area is 140 Å². The molecule has 1 fully saturated rings. The molecule has 1 aliphatic carbocycles. The van der Waals surface area contributed by atoms with Crippen LogP contribution in [0.15, 0.2) is 38.6 Å². The number of nitrogens with one attached hydrogen (secondary N) is 2. The van der Waals surface area contributed by atoms with E-state index in [1.807, 2.05) is 0 Å². The maximum atomic E-state index is 12.4. The van der Waals surface area contributed by atoms with Crippen molar-refractivity contribution in [1.29, 1.82) is 0 Å². The van der Waals surface area contributed by atoms with Gasteiger partial charge in [-0.2, -0.15) is 0 Å². The molecule has 0 atom stereocenters. The van der Waals surface area contributed by atoms with Crippen molar-refractivity contribution in [1.82, 2.24) is 9.88 Å². The molecule has 0 radical (unpaired) electrons. The number of anilines is 1. The average Bonchev–Trinajstić information content (AvgIpc) is 3.27. The monoisotopic (exact) mass is 371 g/mol. The van der Waals surface area contributed by atoms with Gasteiger partial charge in [-0.1, -0.05) is 5.16 Å². The summed E-state index contributed by atoms with van der Waals surface area (Å²) in [5, 5.41) is 3.68. The van der Waals surface area contributed by atoms with Crippen molar-refractivity contribution >= 4 is 25.7 Å².